The molecule has 0 bridgehead atoms. The van der Waals surface area contributed by atoms with Gasteiger partial charge in [-0.3, -0.25) is 4.79 Å². The Morgan fingerprint density at radius 3 is 2.47 bits per heavy atom. The molecule has 0 N–H and O–H groups in total. The van der Waals surface area contributed by atoms with E-state index in [4.69, 9.17) is 4.74 Å². The normalized spacial score (nSPS) is 12.9. The Labute approximate surface area is 117 Å². The van der Waals surface area contributed by atoms with Crippen LogP contribution in [0.5, 0.6) is 0 Å². The van der Waals surface area contributed by atoms with Gasteiger partial charge in [0.15, 0.2) is 0 Å². The molecule has 1 heterocycles. The third-order valence-corrected chi connectivity index (χ3v) is 3.46. The topological polar surface area (TPSA) is 52.6 Å². The first-order chi connectivity index (χ1) is 8.73. The minimum Gasteiger partial charge on any atom is -0.469 e. The number of methoxy groups -OCH3 is 1. The van der Waals surface area contributed by atoms with E-state index in [1.54, 1.807) is 13.0 Å². The molecule has 0 saturated heterocycles. The van der Waals surface area contributed by atoms with Crippen LogP contribution in [-0.2, 0) is 20.7 Å². The van der Waals surface area contributed by atoms with Gasteiger partial charge < -0.3 is 9.47 Å². The van der Waals surface area contributed by atoms with Crippen molar-refractivity contribution in [2.24, 2.45) is 5.92 Å². The van der Waals surface area contributed by atoms with Crippen LogP contribution in [0.25, 0.3) is 0 Å². The lowest BCUT2D eigenvalue weighted by Gasteiger charge is -2.18. The fourth-order valence-corrected chi connectivity index (χ4v) is 2.52. The molecule has 0 aliphatic heterocycles. The molecule has 1 rings (SSSR count). The van der Waals surface area contributed by atoms with Crippen molar-refractivity contribution >= 4 is 23.3 Å². The Morgan fingerprint density at radius 1 is 1.32 bits per heavy atom. The summed E-state index contributed by atoms with van der Waals surface area (Å²) >= 11 is 1.36. The van der Waals surface area contributed by atoms with E-state index in [1.807, 2.05) is 26.8 Å². The van der Waals surface area contributed by atoms with E-state index in [0.29, 0.717) is 11.3 Å². The maximum Gasteiger partial charge on any atom is 0.348 e. The number of carbonyl (C=O) groups excluding carboxylic acids is 2. The molecule has 1 aromatic heterocycles. The third kappa shape index (κ3) is 5.03. The van der Waals surface area contributed by atoms with E-state index in [0.717, 1.165) is 4.88 Å². The van der Waals surface area contributed by atoms with Crippen LogP contribution >= 0.6 is 11.3 Å². The van der Waals surface area contributed by atoms with Gasteiger partial charge in [-0.2, -0.15) is 0 Å². The highest BCUT2D eigenvalue weighted by molar-refractivity contribution is 7.13. The minimum atomic E-state index is -0.499. The van der Waals surface area contributed by atoms with Gasteiger partial charge in [0.25, 0.3) is 0 Å². The van der Waals surface area contributed by atoms with Crippen molar-refractivity contribution in [1.82, 2.24) is 0 Å². The summed E-state index contributed by atoms with van der Waals surface area (Å²) in [7, 11) is 1.37. The fraction of sp³-hybridized carbons (Fsp3) is 0.571. The van der Waals surface area contributed by atoms with E-state index >= 15 is 0 Å². The Hall–Kier alpha value is -1.36. The van der Waals surface area contributed by atoms with Crippen LogP contribution in [-0.4, -0.2) is 24.6 Å². The number of ether oxygens (including phenoxy) is 2. The Balaban J connectivity index is 2.67. The molecule has 5 heteroatoms. The molecule has 0 radical (unpaired) electrons. The highest BCUT2D eigenvalue weighted by Gasteiger charge is 2.20. The molecule has 0 aliphatic rings. The van der Waals surface area contributed by atoms with Gasteiger partial charge in [-0.05, 0) is 39.3 Å². The zero-order valence-electron chi connectivity index (χ0n) is 12.0. The summed E-state index contributed by atoms with van der Waals surface area (Å²) in [5.41, 5.74) is -0.499. The molecule has 0 aromatic carbocycles. The number of hydrogen-bond donors (Lipinski definition) is 0. The average Bonchev–Trinajstić information content (AvgIpc) is 2.74. The van der Waals surface area contributed by atoms with Crippen molar-refractivity contribution in [3.8, 4) is 0 Å². The monoisotopic (exact) mass is 284 g/mol. The van der Waals surface area contributed by atoms with Gasteiger partial charge in [0, 0.05) is 4.88 Å². The smallest absolute Gasteiger partial charge is 0.348 e. The number of esters is 2. The van der Waals surface area contributed by atoms with Crippen LogP contribution in [0.15, 0.2) is 12.1 Å². The Kier molecular flexibility index (Phi) is 5.11. The molecular weight excluding hydrogens is 264 g/mol. The second-order valence-corrected chi connectivity index (χ2v) is 6.56. The van der Waals surface area contributed by atoms with Crippen molar-refractivity contribution < 1.29 is 19.1 Å². The zero-order chi connectivity index (χ0) is 14.6. The lowest BCUT2D eigenvalue weighted by atomic mass is 10.1. The summed E-state index contributed by atoms with van der Waals surface area (Å²) in [5.74, 6) is -0.781. The van der Waals surface area contributed by atoms with Gasteiger partial charge in [-0.15, -0.1) is 11.3 Å². The quantitative estimate of drug-likeness (QED) is 0.797. The van der Waals surface area contributed by atoms with Crippen molar-refractivity contribution in [1.29, 1.82) is 0 Å². The van der Waals surface area contributed by atoms with Crippen molar-refractivity contribution in [2.75, 3.05) is 7.11 Å². The first-order valence-electron chi connectivity index (χ1n) is 6.13. The van der Waals surface area contributed by atoms with Crippen LogP contribution in [0.4, 0.5) is 0 Å². The van der Waals surface area contributed by atoms with Crippen LogP contribution in [0.1, 0.15) is 42.2 Å². The minimum absolute atomic E-state index is 0.213. The van der Waals surface area contributed by atoms with Crippen molar-refractivity contribution in [3.63, 3.8) is 0 Å². The lowest BCUT2D eigenvalue weighted by molar-refractivity contribution is -0.144. The van der Waals surface area contributed by atoms with E-state index < -0.39 is 5.60 Å². The molecule has 4 nitrogen and oxygen atoms in total. The van der Waals surface area contributed by atoms with Crippen LogP contribution < -0.4 is 0 Å². The van der Waals surface area contributed by atoms with E-state index in [9.17, 15) is 9.59 Å². The first-order valence-corrected chi connectivity index (χ1v) is 6.94. The summed E-state index contributed by atoms with van der Waals surface area (Å²) in [4.78, 5) is 24.7. The van der Waals surface area contributed by atoms with Crippen molar-refractivity contribution in [2.45, 2.75) is 39.7 Å². The second kappa shape index (κ2) is 6.19. The van der Waals surface area contributed by atoms with Gasteiger partial charge in [0.1, 0.15) is 10.5 Å². The highest BCUT2D eigenvalue weighted by atomic mass is 32.1. The van der Waals surface area contributed by atoms with Crippen LogP contribution in [0, 0.1) is 5.92 Å². The third-order valence-electron chi connectivity index (χ3n) is 2.37. The van der Waals surface area contributed by atoms with Gasteiger partial charge in [0.2, 0.25) is 0 Å². The maximum absolute atomic E-state index is 11.8. The number of rotatable bonds is 4. The predicted octanol–water partition coefficient (Wildman–Crippen LogP) is 3.06. The summed E-state index contributed by atoms with van der Waals surface area (Å²) in [6, 6.07) is 3.58. The van der Waals surface area contributed by atoms with Crippen LogP contribution in [0.2, 0.25) is 0 Å². The molecule has 0 aliphatic carbocycles. The highest BCUT2D eigenvalue weighted by Crippen LogP contribution is 2.22. The predicted molar refractivity (Wildman–Crippen MR) is 74.4 cm³/mol. The van der Waals surface area contributed by atoms with Gasteiger partial charge in [-0.1, -0.05) is 6.92 Å². The van der Waals surface area contributed by atoms with Gasteiger partial charge >= 0.3 is 11.9 Å². The fourth-order valence-electron chi connectivity index (χ4n) is 1.51. The van der Waals surface area contributed by atoms with Crippen LogP contribution in [0.3, 0.4) is 0 Å². The second-order valence-electron chi connectivity index (χ2n) is 5.40. The average molecular weight is 284 g/mol. The summed E-state index contributed by atoms with van der Waals surface area (Å²) in [5, 5.41) is 0. The molecular formula is C14H20O4S. The summed E-state index contributed by atoms with van der Waals surface area (Å²) in [6.45, 7) is 7.30. The van der Waals surface area contributed by atoms with Gasteiger partial charge in [0.05, 0.1) is 13.0 Å². The zero-order valence-corrected chi connectivity index (χ0v) is 12.8. The molecule has 1 aromatic rings. The molecule has 0 amide bonds. The summed E-state index contributed by atoms with van der Waals surface area (Å²) in [6.07, 6.45) is 0.570. The largest absolute Gasteiger partial charge is 0.469 e. The number of thiophene rings is 1. The molecule has 0 fully saturated rings. The SMILES string of the molecule is COC(=O)C(C)Cc1ccc(C(=O)OC(C)(C)C)s1. The standard InChI is InChI=1S/C14H20O4S/c1-9(12(15)17-5)8-10-6-7-11(19-10)13(16)18-14(2,3)4/h6-7,9H,8H2,1-5H3. The van der Waals surface area contributed by atoms with E-state index in [2.05, 4.69) is 4.74 Å². The van der Waals surface area contributed by atoms with Crippen molar-refractivity contribution in [3.05, 3.63) is 21.9 Å². The van der Waals surface area contributed by atoms with E-state index in [-0.39, 0.29) is 17.9 Å². The molecule has 19 heavy (non-hydrogen) atoms. The van der Waals surface area contributed by atoms with Gasteiger partial charge in [-0.25, -0.2) is 4.79 Å². The Morgan fingerprint density at radius 2 is 1.95 bits per heavy atom. The summed E-state index contributed by atoms with van der Waals surface area (Å²) < 4.78 is 9.97. The maximum atomic E-state index is 11.8. The Bertz CT molecular complexity index is 456. The molecule has 0 spiro atoms. The molecule has 1 unspecified atom stereocenters. The molecule has 106 valence electrons. The molecule has 1 atom stereocenters. The first kappa shape index (κ1) is 15.7. The lowest BCUT2D eigenvalue weighted by Crippen LogP contribution is -2.23. The molecule has 0 saturated carbocycles. The number of carbonyl (C=O) groups is 2. The van der Waals surface area contributed by atoms with E-state index in [1.165, 1.54) is 18.4 Å². The number of hydrogen-bond acceptors (Lipinski definition) is 5.